The van der Waals surface area contributed by atoms with Crippen LogP contribution in [-0.4, -0.2) is 34.4 Å². The molecule has 0 aliphatic carbocycles. The number of benzene rings is 1. The van der Waals surface area contributed by atoms with Crippen LogP contribution in [0.4, 0.5) is 8.78 Å². The molecule has 4 rings (SSSR count). The maximum Gasteiger partial charge on any atom is 0.267 e. The fraction of sp³-hybridized carbons (Fsp3) is 0.357. The van der Waals surface area contributed by atoms with Crippen LogP contribution in [0.1, 0.15) is 66.9 Å². The Morgan fingerprint density at radius 3 is 2.62 bits per heavy atom. The van der Waals surface area contributed by atoms with E-state index in [1.807, 2.05) is 6.92 Å². The predicted molar refractivity (Wildman–Crippen MR) is 136 cm³/mol. The first-order valence-electron chi connectivity index (χ1n) is 12.2. The van der Waals surface area contributed by atoms with Crippen LogP contribution in [0.25, 0.3) is 22.4 Å². The average molecular weight is 509 g/mol. The molecule has 3 heterocycles. The Hall–Kier alpha value is -3.72. The lowest BCUT2D eigenvalue weighted by Gasteiger charge is -2.41. The van der Waals surface area contributed by atoms with Gasteiger partial charge in [0.15, 0.2) is 5.82 Å². The molecule has 7 nitrogen and oxygen atoms in total. The number of nitrogens with one attached hydrogen (secondary N) is 1. The van der Waals surface area contributed by atoms with E-state index in [9.17, 15) is 9.59 Å². The number of nitrogens with two attached hydrogens (primary N) is 1. The summed E-state index contributed by atoms with van der Waals surface area (Å²) < 4.78 is 38.0. The molecule has 9 heteroatoms. The highest BCUT2D eigenvalue weighted by molar-refractivity contribution is 6.00. The molecule has 2 amide bonds. The van der Waals surface area contributed by atoms with E-state index in [0.717, 1.165) is 18.9 Å². The van der Waals surface area contributed by atoms with Crippen LogP contribution in [0, 0.1) is 17.6 Å². The van der Waals surface area contributed by atoms with Gasteiger partial charge in [-0.25, -0.2) is 13.8 Å². The minimum absolute atomic E-state index is 0.0583. The summed E-state index contributed by atoms with van der Waals surface area (Å²) in [6.45, 7) is 7.66. The lowest BCUT2D eigenvalue weighted by atomic mass is 9.75. The van der Waals surface area contributed by atoms with Gasteiger partial charge < -0.3 is 15.8 Å². The van der Waals surface area contributed by atoms with Gasteiger partial charge in [-0.1, -0.05) is 13.0 Å². The Bertz CT molecular complexity index is 1350. The molecule has 3 aromatic rings. The van der Waals surface area contributed by atoms with E-state index in [1.165, 1.54) is 18.3 Å². The lowest BCUT2D eigenvalue weighted by molar-refractivity contribution is -0.108. The number of carbonyl (C=O) groups is 2. The van der Waals surface area contributed by atoms with Crippen molar-refractivity contribution in [3.63, 3.8) is 0 Å². The highest BCUT2D eigenvalue weighted by atomic mass is 19.1. The van der Waals surface area contributed by atoms with Gasteiger partial charge in [-0.05, 0) is 63.8 Å². The fourth-order valence-corrected chi connectivity index (χ4v) is 4.78. The number of pyridine rings is 2. The largest absolute Gasteiger partial charge is 0.370 e. The number of carbonyl (C=O) groups excluding carboxylic acids is 2. The van der Waals surface area contributed by atoms with E-state index in [1.54, 1.807) is 39.1 Å². The summed E-state index contributed by atoms with van der Waals surface area (Å²) in [5, 5.41) is 2.73. The van der Waals surface area contributed by atoms with Gasteiger partial charge in [0.25, 0.3) is 11.8 Å². The summed E-state index contributed by atoms with van der Waals surface area (Å²) in [5.74, 6) is -3.15. The molecule has 0 spiro atoms. The van der Waals surface area contributed by atoms with Crippen molar-refractivity contribution in [1.29, 1.82) is 0 Å². The Kier molecular flexibility index (Phi) is 7.36. The third-order valence-electron chi connectivity index (χ3n) is 6.85. The second-order valence-corrected chi connectivity index (χ2v) is 9.80. The Balaban J connectivity index is 2.06. The van der Waals surface area contributed by atoms with Gasteiger partial charge in [0.1, 0.15) is 17.2 Å². The fourth-order valence-electron chi connectivity index (χ4n) is 4.78. The van der Waals surface area contributed by atoms with Gasteiger partial charge in [-0.2, -0.15) is 0 Å². The van der Waals surface area contributed by atoms with Crippen LogP contribution in [0.5, 0.6) is 0 Å². The Morgan fingerprint density at radius 2 is 2.00 bits per heavy atom. The van der Waals surface area contributed by atoms with E-state index in [0.29, 0.717) is 12.2 Å². The molecule has 0 bridgehead atoms. The van der Waals surface area contributed by atoms with Crippen molar-refractivity contribution in [3.8, 4) is 22.4 Å². The molecule has 1 aliphatic rings. The molecule has 2 unspecified atom stereocenters. The van der Waals surface area contributed by atoms with Gasteiger partial charge in [0.05, 0.1) is 5.60 Å². The standard InChI is InChI=1S/C28H30F2N4O3/c1-15(2)33-27(36)17-9-10-20(29)19(13-17)24-23(30)22(28(4)16(3)7-6-12-37-28)21(25(34-24)26(31)35)18-8-5-11-32-14-18/h5,8-11,13-16H,6-7,12H2,1-4H3,(H2,31,35)(H,33,36). The van der Waals surface area contributed by atoms with Crippen LogP contribution in [0.3, 0.4) is 0 Å². The van der Waals surface area contributed by atoms with Crippen molar-refractivity contribution in [2.75, 3.05) is 6.61 Å². The number of hydrogen-bond donors (Lipinski definition) is 2. The van der Waals surface area contributed by atoms with Crippen LogP contribution >= 0.6 is 0 Å². The molecular weight excluding hydrogens is 478 g/mol. The zero-order valence-corrected chi connectivity index (χ0v) is 21.3. The minimum atomic E-state index is -1.17. The quantitative estimate of drug-likeness (QED) is 0.488. The maximum atomic E-state index is 16.7. The zero-order chi connectivity index (χ0) is 26.9. The molecule has 1 aromatic carbocycles. The van der Waals surface area contributed by atoms with Gasteiger partial charge in [0.2, 0.25) is 0 Å². The van der Waals surface area contributed by atoms with Crippen LogP contribution in [0.2, 0.25) is 0 Å². The molecule has 0 saturated carbocycles. The van der Waals surface area contributed by atoms with Gasteiger partial charge in [-0.3, -0.25) is 14.6 Å². The Morgan fingerprint density at radius 1 is 1.24 bits per heavy atom. The second kappa shape index (κ2) is 10.3. The number of primary amides is 1. The molecule has 0 radical (unpaired) electrons. The first kappa shape index (κ1) is 26.3. The normalized spacial score (nSPS) is 19.6. The third-order valence-corrected chi connectivity index (χ3v) is 6.85. The van der Waals surface area contributed by atoms with Gasteiger partial charge in [-0.15, -0.1) is 0 Å². The molecule has 2 atom stereocenters. The molecular formula is C28H30F2N4O3. The summed E-state index contributed by atoms with van der Waals surface area (Å²) in [7, 11) is 0. The summed E-state index contributed by atoms with van der Waals surface area (Å²) in [6, 6.07) is 6.78. The summed E-state index contributed by atoms with van der Waals surface area (Å²) in [5.41, 5.74) is 4.43. The van der Waals surface area contributed by atoms with Gasteiger partial charge in [0, 0.05) is 52.9 Å². The minimum Gasteiger partial charge on any atom is -0.370 e. The van der Waals surface area contributed by atoms with E-state index in [4.69, 9.17) is 10.5 Å². The smallest absolute Gasteiger partial charge is 0.267 e. The Labute approximate surface area is 214 Å². The average Bonchev–Trinajstić information content (AvgIpc) is 2.86. The van der Waals surface area contributed by atoms with E-state index in [2.05, 4.69) is 15.3 Å². The zero-order valence-electron chi connectivity index (χ0n) is 21.3. The van der Waals surface area contributed by atoms with Crippen molar-refractivity contribution >= 4 is 11.8 Å². The van der Waals surface area contributed by atoms with Crippen LogP contribution in [-0.2, 0) is 10.3 Å². The number of aromatic nitrogens is 2. The first-order chi connectivity index (χ1) is 17.5. The number of ether oxygens (including phenoxy) is 1. The third kappa shape index (κ3) is 4.96. The number of hydrogen-bond acceptors (Lipinski definition) is 5. The molecule has 194 valence electrons. The number of nitrogens with zero attached hydrogens (tertiary/aromatic N) is 2. The van der Waals surface area contributed by atoms with Crippen molar-refractivity contribution in [2.45, 2.75) is 52.2 Å². The molecule has 37 heavy (non-hydrogen) atoms. The van der Waals surface area contributed by atoms with E-state index < -0.39 is 34.7 Å². The predicted octanol–water partition coefficient (Wildman–Crippen LogP) is 4.99. The molecule has 1 aliphatic heterocycles. The topological polar surface area (TPSA) is 107 Å². The molecule has 1 saturated heterocycles. The van der Waals surface area contributed by atoms with E-state index in [-0.39, 0.29) is 39.9 Å². The first-order valence-corrected chi connectivity index (χ1v) is 12.2. The highest BCUT2D eigenvalue weighted by Gasteiger charge is 2.43. The summed E-state index contributed by atoms with van der Waals surface area (Å²) in [6.07, 6.45) is 4.59. The maximum absolute atomic E-state index is 16.7. The van der Waals surface area contributed by atoms with Gasteiger partial charge >= 0.3 is 0 Å². The number of rotatable bonds is 6. The van der Waals surface area contributed by atoms with Crippen molar-refractivity contribution in [1.82, 2.24) is 15.3 Å². The SMILES string of the molecule is CC(C)NC(=O)c1ccc(F)c(-c2nc(C(N)=O)c(-c3cccnc3)c(C3(C)OCCCC3C)c2F)c1. The van der Waals surface area contributed by atoms with E-state index >= 15 is 8.78 Å². The van der Waals surface area contributed by atoms with Crippen molar-refractivity contribution in [2.24, 2.45) is 11.7 Å². The lowest BCUT2D eigenvalue weighted by Crippen LogP contribution is -2.40. The van der Waals surface area contributed by atoms with Crippen molar-refractivity contribution < 1.29 is 23.1 Å². The number of amides is 2. The second-order valence-electron chi connectivity index (χ2n) is 9.80. The monoisotopic (exact) mass is 508 g/mol. The molecule has 2 aromatic heterocycles. The molecule has 3 N–H and O–H groups in total. The van der Waals surface area contributed by atoms with Crippen LogP contribution in [0.15, 0.2) is 42.7 Å². The summed E-state index contributed by atoms with van der Waals surface area (Å²) in [4.78, 5) is 33.7. The highest BCUT2D eigenvalue weighted by Crippen LogP contribution is 2.47. The van der Waals surface area contributed by atoms with Crippen LogP contribution < -0.4 is 11.1 Å². The molecule has 1 fully saturated rings. The van der Waals surface area contributed by atoms with Crippen molar-refractivity contribution in [3.05, 3.63) is 71.2 Å². The summed E-state index contributed by atoms with van der Waals surface area (Å²) >= 11 is 0. The number of halogens is 2.